The van der Waals surface area contributed by atoms with Gasteiger partial charge < -0.3 is 9.52 Å². The van der Waals surface area contributed by atoms with Crippen LogP contribution in [0.15, 0.2) is 39.8 Å². The molecule has 1 aromatic carbocycles. The van der Waals surface area contributed by atoms with Gasteiger partial charge >= 0.3 is 5.97 Å². The summed E-state index contributed by atoms with van der Waals surface area (Å²) in [6.07, 6.45) is 1.15. The lowest BCUT2D eigenvalue weighted by molar-refractivity contribution is 0.0690. The Hall–Kier alpha value is -1.75. The number of nitrogens with zero attached hydrogens (tertiary/aromatic N) is 1. The predicted octanol–water partition coefficient (Wildman–Crippen LogP) is 3.54. The van der Waals surface area contributed by atoms with E-state index in [1.165, 1.54) is 4.90 Å². The van der Waals surface area contributed by atoms with Gasteiger partial charge in [0.1, 0.15) is 6.26 Å². The lowest BCUT2D eigenvalue weighted by atomic mass is 10.2. The predicted molar refractivity (Wildman–Crippen MR) is 69.9 cm³/mol. The van der Waals surface area contributed by atoms with Crippen molar-refractivity contribution >= 4 is 17.7 Å². The zero-order valence-electron chi connectivity index (χ0n) is 10.1. The molecule has 0 atom stereocenters. The summed E-state index contributed by atoms with van der Waals surface area (Å²) in [6.45, 7) is 4.26. The number of carbonyl (C=O) groups is 1. The average molecular weight is 263 g/mol. The molecule has 0 radical (unpaired) electrons. The van der Waals surface area contributed by atoms with Gasteiger partial charge in [0, 0.05) is 15.7 Å². The standard InChI is InChI=1S/C13H13NO3S/c1-8(2)18-10-5-3-9(4-6-10)12-14-11(7-17-12)13(15)16/h3-8H,1-2H3,(H,15,16). The lowest BCUT2D eigenvalue weighted by Gasteiger charge is -2.04. The molecule has 0 unspecified atom stereocenters. The molecule has 4 nitrogen and oxygen atoms in total. The minimum absolute atomic E-state index is 0.0781. The van der Waals surface area contributed by atoms with Crippen molar-refractivity contribution in [3.05, 3.63) is 36.2 Å². The van der Waals surface area contributed by atoms with Gasteiger partial charge in [0.25, 0.3) is 0 Å². The summed E-state index contributed by atoms with van der Waals surface area (Å²) in [5, 5.41) is 9.29. The fourth-order valence-corrected chi connectivity index (χ4v) is 2.29. The van der Waals surface area contributed by atoms with E-state index in [0.29, 0.717) is 11.1 Å². The van der Waals surface area contributed by atoms with Gasteiger partial charge in [-0.3, -0.25) is 0 Å². The minimum atomic E-state index is -1.09. The largest absolute Gasteiger partial charge is 0.476 e. The summed E-state index contributed by atoms with van der Waals surface area (Å²) < 4.78 is 5.13. The zero-order valence-corrected chi connectivity index (χ0v) is 10.9. The molecule has 0 bridgehead atoms. The number of carboxylic acids is 1. The van der Waals surface area contributed by atoms with E-state index in [0.717, 1.165) is 11.8 Å². The van der Waals surface area contributed by atoms with Crippen molar-refractivity contribution in [3.8, 4) is 11.5 Å². The van der Waals surface area contributed by atoms with Crippen LogP contribution in [-0.4, -0.2) is 21.3 Å². The van der Waals surface area contributed by atoms with E-state index in [1.807, 2.05) is 24.3 Å². The van der Waals surface area contributed by atoms with E-state index in [2.05, 4.69) is 18.8 Å². The molecule has 0 fully saturated rings. The first kappa shape index (κ1) is 12.7. The second-order valence-corrected chi connectivity index (χ2v) is 5.68. The van der Waals surface area contributed by atoms with Crippen LogP contribution >= 0.6 is 11.8 Å². The Morgan fingerprint density at radius 3 is 2.50 bits per heavy atom. The summed E-state index contributed by atoms with van der Waals surface area (Å²) in [7, 11) is 0. The van der Waals surface area contributed by atoms with E-state index in [-0.39, 0.29) is 5.69 Å². The first-order valence-electron chi connectivity index (χ1n) is 5.52. The van der Waals surface area contributed by atoms with Gasteiger partial charge in [0.2, 0.25) is 5.89 Å². The SMILES string of the molecule is CC(C)Sc1ccc(-c2nc(C(=O)O)co2)cc1. The molecule has 18 heavy (non-hydrogen) atoms. The molecule has 1 aromatic heterocycles. The third kappa shape index (κ3) is 2.92. The lowest BCUT2D eigenvalue weighted by Crippen LogP contribution is -1.95. The van der Waals surface area contributed by atoms with Gasteiger partial charge in [-0.15, -0.1) is 11.8 Å². The number of benzene rings is 1. The van der Waals surface area contributed by atoms with Crippen LogP contribution in [0.2, 0.25) is 0 Å². The maximum Gasteiger partial charge on any atom is 0.357 e. The topological polar surface area (TPSA) is 63.3 Å². The first-order valence-corrected chi connectivity index (χ1v) is 6.40. The summed E-state index contributed by atoms with van der Waals surface area (Å²) in [5.74, 6) is -0.759. The molecule has 0 aliphatic rings. The van der Waals surface area contributed by atoms with Crippen LogP contribution in [0.3, 0.4) is 0 Å². The van der Waals surface area contributed by atoms with Crippen molar-refractivity contribution in [2.24, 2.45) is 0 Å². The maximum atomic E-state index is 10.7. The Morgan fingerprint density at radius 2 is 2.00 bits per heavy atom. The fraction of sp³-hybridized carbons (Fsp3) is 0.231. The smallest absolute Gasteiger partial charge is 0.357 e. The van der Waals surface area contributed by atoms with Crippen molar-refractivity contribution in [1.82, 2.24) is 4.98 Å². The van der Waals surface area contributed by atoms with E-state index in [9.17, 15) is 4.79 Å². The summed E-state index contributed by atoms with van der Waals surface area (Å²) in [6, 6.07) is 7.71. The van der Waals surface area contributed by atoms with Crippen LogP contribution in [0, 0.1) is 0 Å². The Morgan fingerprint density at radius 1 is 1.33 bits per heavy atom. The number of carboxylic acid groups (broad SMARTS) is 1. The zero-order chi connectivity index (χ0) is 13.1. The van der Waals surface area contributed by atoms with Crippen LogP contribution in [0.25, 0.3) is 11.5 Å². The van der Waals surface area contributed by atoms with Gasteiger partial charge in [0.15, 0.2) is 5.69 Å². The third-order valence-electron chi connectivity index (χ3n) is 2.20. The van der Waals surface area contributed by atoms with Crippen LogP contribution < -0.4 is 0 Å². The van der Waals surface area contributed by atoms with Crippen LogP contribution in [0.5, 0.6) is 0 Å². The Bertz CT molecular complexity index is 546. The van der Waals surface area contributed by atoms with Gasteiger partial charge in [-0.05, 0) is 24.3 Å². The highest BCUT2D eigenvalue weighted by atomic mass is 32.2. The van der Waals surface area contributed by atoms with Crippen LogP contribution in [-0.2, 0) is 0 Å². The highest BCUT2D eigenvalue weighted by Crippen LogP contribution is 2.26. The molecule has 2 aromatic rings. The van der Waals surface area contributed by atoms with Crippen molar-refractivity contribution in [3.63, 3.8) is 0 Å². The molecule has 2 rings (SSSR count). The van der Waals surface area contributed by atoms with E-state index < -0.39 is 5.97 Å². The van der Waals surface area contributed by atoms with Crippen molar-refractivity contribution in [1.29, 1.82) is 0 Å². The van der Waals surface area contributed by atoms with Gasteiger partial charge in [-0.2, -0.15) is 0 Å². The summed E-state index contributed by atoms with van der Waals surface area (Å²) >= 11 is 1.77. The highest BCUT2D eigenvalue weighted by molar-refractivity contribution is 7.99. The first-order chi connectivity index (χ1) is 8.56. The number of thioether (sulfide) groups is 1. The van der Waals surface area contributed by atoms with Gasteiger partial charge in [0.05, 0.1) is 0 Å². The number of oxazole rings is 1. The van der Waals surface area contributed by atoms with Crippen molar-refractivity contribution in [2.75, 3.05) is 0 Å². The van der Waals surface area contributed by atoms with Crippen LogP contribution in [0.1, 0.15) is 24.3 Å². The number of aromatic nitrogens is 1. The Balaban J connectivity index is 2.20. The molecule has 0 amide bonds. The monoisotopic (exact) mass is 263 g/mol. The molecule has 0 aliphatic heterocycles. The van der Waals surface area contributed by atoms with Crippen molar-refractivity contribution in [2.45, 2.75) is 24.0 Å². The number of aromatic carboxylic acids is 1. The molecule has 0 spiro atoms. The minimum Gasteiger partial charge on any atom is -0.476 e. The number of hydrogen-bond acceptors (Lipinski definition) is 4. The molecule has 5 heteroatoms. The fourth-order valence-electron chi connectivity index (χ4n) is 1.45. The normalized spacial score (nSPS) is 10.8. The van der Waals surface area contributed by atoms with Crippen LogP contribution in [0.4, 0.5) is 0 Å². The van der Waals surface area contributed by atoms with Crippen molar-refractivity contribution < 1.29 is 14.3 Å². The summed E-state index contributed by atoms with van der Waals surface area (Å²) in [4.78, 5) is 15.8. The molecule has 1 N–H and O–H groups in total. The second-order valence-electron chi connectivity index (χ2n) is 4.03. The molecule has 0 saturated heterocycles. The third-order valence-corrected chi connectivity index (χ3v) is 3.21. The molecule has 1 heterocycles. The summed E-state index contributed by atoms with van der Waals surface area (Å²) in [5.41, 5.74) is 0.696. The van der Waals surface area contributed by atoms with E-state index >= 15 is 0 Å². The molecular weight excluding hydrogens is 250 g/mol. The van der Waals surface area contributed by atoms with Gasteiger partial charge in [-0.25, -0.2) is 9.78 Å². The van der Waals surface area contributed by atoms with E-state index in [1.54, 1.807) is 11.8 Å². The molecule has 94 valence electrons. The maximum absolute atomic E-state index is 10.7. The number of rotatable bonds is 4. The average Bonchev–Trinajstić information content (AvgIpc) is 2.78. The molecular formula is C13H13NO3S. The quantitative estimate of drug-likeness (QED) is 0.855. The molecule has 0 aliphatic carbocycles. The number of hydrogen-bond donors (Lipinski definition) is 1. The second kappa shape index (κ2) is 5.27. The molecule has 0 saturated carbocycles. The van der Waals surface area contributed by atoms with Gasteiger partial charge in [-0.1, -0.05) is 13.8 Å². The Kier molecular flexibility index (Phi) is 3.72. The van der Waals surface area contributed by atoms with E-state index in [4.69, 9.17) is 9.52 Å². The Labute approximate surface area is 109 Å². The highest BCUT2D eigenvalue weighted by Gasteiger charge is 2.11.